The van der Waals surface area contributed by atoms with Crippen LogP contribution in [0.5, 0.6) is 5.75 Å². The van der Waals surface area contributed by atoms with Gasteiger partial charge in [-0.1, -0.05) is 24.4 Å². The highest BCUT2D eigenvalue weighted by molar-refractivity contribution is 7.99. The lowest BCUT2D eigenvalue weighted by Crippen LogP contribution is -2.17. The number of ether oxygens (including phenoxy) is 2. The van der Waals surface area contributed by atoms with Crippen molar-refractivity contribution in [3.63, 3.8) is 0 Å². The van der Waals surface area contributed by atoms with E-state index in [4.69, 9.17) is 13.9 Å². The van der Waals surface area contributed by atoms with Crippen molar-refractivity contribution in [2.75, 3.05) is 19.8 Å². The quantitative estimate of drug-likeness (QED) is 0.759. The molecule has 1 aromatic heterocycles. The van der Waals surface area contributed by atoms with Crippen molar-refractivity contribution in [1.82, 2.24) is 10.2 Å². The Hall–Kier alpha value is -1.79. The molecule has 3 rings (SSSR count). The van der Waals surface area contributed by atoms with Gasteiger partial charge in [-0.15, -0.1) is 10.2 Å². The lowest BCUT2D eigenvalue weighted by Gasteiger charge is -2.19. The van der Waals surface area contributed by atoms with Crippen LogP contribution in [0.3, 0.4) is 0 Å². The number of thioether (sulfide) groups is 1. The van der Waals surface area contributed by atoms with Crippen LogP contribution in [0.1, 0.15) is 12.8 Å². The van der Waals surface area contributed by atoms with Crippen LogP contribution in [0.15, 0.2) is 46.6 Å². The molecule has 0 N–H and O–H groups in total. The number of benzene rings is 1. The van der Waals surface area contributed by atoms with Crippen LogP contribution in [0.25, 0.3) is 11.5 Å². The van der Waals surface area contributed by atoms with Gasteiger partial charge in [0.15, 0.2) is 0 Å². The molecular formula is C16H18N2O3S. The maximum absolute atomic E-state index is 5.74. The van der Waals surface area contributed by atoms with Crippen LogP contribution in [-0.2, 0) is 4.74 Å². The molecule has 1 aliphatic rings. The Bertz CT molecular complexity index is 606. The number of hydrogen-bond acceptors (Lipinski definition) is 6. The van der Waals surface area contributed by atoms with Crippen molar-refractivity contribution in [3.8, 4) is 17.2 Å². The summed E-state index contributed by atoms with van der Waals surface area (Å²) >= 11 is 1.64. The van der Waals surface area contributed by atoms with E-state index in [1.165, 1.54) is 0 Å². The van der Waals surface area contributed by atoms with Crippen LogP contribution in [0, 0.1) is 0 Å². The molecule has 1 aromatic carbocycles. The van der Waals surface area contributed by atoms with E-state index in [-0.39, 0.29) is 0 Å². The van der Waals surface area contributed by atoms with E-state index < -0.39 is 0 Å². The molecule has 0 atom stereocenters. The molecule has 1 fully saturated rings. The summed E-state index contributed by atoms with van der Waals surface area (Å²) in [5.41, 5.74) is 0.886. The molecule has 0 bridgehead atoms. The predicted octanol–water partition coefficient (Wildman–Crippen LogP) is 3.57. The fourth-order valence-electron chi connectivity index (χ4n) is 2.16. The van der Waals surface area contributed by atoms with E-state index in [1.54, 1.807) is 17.8 Å². The van der Waals surface area contributed by atoms with Crippen molar-refractivity contribution < 1.29 is 13.9 Å². The highest BCUT2D eigenvalue weighted by Crippen LogP contribution is 2.31. The molecular weight excluding hydrogens is 300 g/mol. The molecule has 6 heteroatoms. The van der Waals surface area contributed by atoms with Crippen molar-refractivity contribution in [3.05, 3.63) is 36.9 Å². The molecule has 0 aliphatic carbocycles. The van der Waals surface area contributed by atoms with E-state index in [0.717, 1.165) is 37.4 Å². The molecule has 2 aromatic rings. The Morgan fingerprint density at radius 3 is 2.73 bits per heavy atom. The molecule has 0 saturated carbocycles. The first-order valence-corrected chi connectivity index (χ1v) is 8.15. The van der Waals surface area contributed by atoms with Gasteiger partial charge in [-0.25, -0.2) is 0 Å². The fourth-order valence-corrected chi connectivity index (χ4v) is 3.09. The second kappa shape index (κ2) is 7.47. The van der Waals surface area contributed by atoms with Crippen LogP contribution in [-0.4, -0.2) is 35.3 Å². The van der Waals surface area contributed by atoms with Crippen LogP contribution < -0.4 is 4.74 Å². The van der Waals surface area contributed by atoms with Gasteiger partial charge in [-0.2, -0.15) is 0 Å². The summed E-state index contributed by atoms with van der Waals surface area (Å²) in [4.78, 5) is 0. The van der Waals surface area contributed by atoms with Gasteiger partial charge in [0.05, 0.1) is 0 Å². The van der Waals surface area contributed by atoms with E-state index in [0.29, 0.717) is 23.0 Å². The summed E-state index contributed by atoms with van der Waals surface area (Å²) in [5.74, 6) is 1.32. The summed E-state index contributed by atoms with van der Waals surface area (Å²) in [6.07, 6.45) is 3.77. The maximum Gasteiger partial charge on any atom is 0.277 e. The van der Waals surface area contributed by atoms with E-state index in [2.05, 4.69) is 16.8 Å². The van der Waals surface area contributed by atoms with Crippen LogP contribution >= 0.6 is 11.8 Å². The second-order valence-corrected chi connectivity index (χ2v) is 6.18. The van der Waals surface area contributed by atoms with Gasteiger partial charge < -0.3 is 13.9 Å². The summed E-state index contributed by atoms with van der Waals surface area (Å²) in [5, 5.41) is 9.35. The minimum absolute atomic E-state index is 0.492. The highest BCUT2D eigenvalue weighted by Gasteiger charge is 2.18. The molecule has 0 unspecified atom stereocenters. The Labute approximate surface area is 133 Å². The van der Waals surface area contributed by atoms with E-state index in [9.17, 15) is 0 Å². The van der Waals surface area contributed by atoms with E-state index in [1.807, 2.05) is 24.3 Å². The third kappa shape index (κ3) is 3.90. The molecule has 116 valence electrons. The first-order valence-electron chi connectivity index (χ1n) is 7.27. The molecule has 0 radical (unpaired) electrons. The van der Waals surface area contributed by atoms with Gasteiger partial charge >= 0.3 is 0 Å². The first-order chi connectivity index (χ1) is 10.8. The molecule has 5 nitrogen and oxygen atoms in total. The maximum atomic E-state index is 5.74. The minimum atomic E-state index is 0.492. The standard InChI is InChI=1S/C16H18N2O3S/c1-2-9-20-13-5-3-12(4-6-13)15-17-18-16(21-15)22-14-7-10-19-11-8-14/h2-6,14H,1,7-11H2. The first kappa shape index (κ1) is 15.1. The summed E-state index contributed by atoms with van der Waals surface area (Å²) in [7, 11) is 0. The molecule has 0 spiro atoms. The molecule has 1 saturated heterocycles. The smallest absolute Gasteiger partial charge is 0.277 e. The Kier molecular flexibility index (Phi) is 5.13. The number of hydrogen-bond donors (Lipinski definition) is 0. The number of rotatable bonds is 6. The van der Waals surface area contributed by atoms with Gasteiger partial charge in [0.1, 0.15) is 12.4 Å². The minimum Gasteiger partial charge on any atom is -0.490 e. The van der Waals surface area contributed by atoms with Crippen molar-refractivity contribution in [2.45, 2.75) is 23.3 Å². The lowest BCUT2D eigenvalue weighted by atomic mass is 10.2. The zero-order valence-corrected chi connectivity index (χ0v) is 13.1. The third-order valence-electron chi connectivity index (χ3n) is 3.31. The Balaban J connectivity index is 1.63. The summed E-state index contributed by atoms with van der Waals surface area (Å²) < 4.78 is 16.5. The average molecular weight is 318 g/mol. The predicted molar refractivity (Wildman–Crippen MR) is 85.1 cm³/mol. The molecule has 22 heavy (non-hydrogen) atoms. The fraction of sp³-hybridized carbons (Fsp3) is 0.375. The lowest BCUT2D eigenvalue weighted by molar-refractivity contribution is 0.0998. The second-order valence-electron chi connectivity index (χ2n) is 4.93. The van der Waals surface area contributed by atoms with Crippen molar-refractivity contribution in [2.24, 2.45) is 0 Å². The normalized spacial score (nSPS) is 15.6. The van der Waals surface area contributed by atoms with Gasteiger partial charge in [0.2, 0.25) is 5.89 Å². The number of aromatic nitrogens is 2. The van der Waals surface area contributed by atoms with Crippen molar-refractivity contribution >= 4 is 11.8 Å². The highest BCUT2D eigenvalue weighted by atomic mass is 32.2. The van der Waals surface area contributed by atoms with Crippen LogP contribution in [0.2, 0.25) is 0 Å². The average Bonchev–Trinajstić information content (AvgIpc) is 3.03. The Morgan fingerprint density at radius 2 is 2.00 bits per heavy atom. The zero-order valence-electron chi connectivity index (χ0n) is 12.2. The zero-order chi connectivity index (χ0) is 15.2. The molecule has 0 amide bonds. The van der Waals surface area contributed by atoms with E-state index >= 15 is 0 Å². The van der Waals surface area contributed by atoms with Gasteiger partial charge in [-0.05, 0) is 37.1 Å². The van der Waals surface area contributed by atoms with Gasteiger partial charge in [0.25, 0.3) is 5.22 Å². The van der Waals surface area contributed by atoms with Crippen molar-refractivity contribution in [1.29, 1.82) is 0 Å². The number of nitrogens with zero attached hydrogens (tertiary/aromatic N) is 2. The molecule has 2 heterocycles. The monoisotopic (exact) mass is 318 g/mol. The largest absolute Gasteiger partial charge is 0.490 e. The molecule has 1 aliphatic heterocycles. The summed E-state index contributed by atoms with van der Waals surface area (Å²) in [6, 6.07) is 7.59. The SMILES string of the molecule is C=CCOc1ccc(-c2nnc(SC3CCOCC3)o2)cc1. The van der Waals surface area contributed by atoms with Crippen LogP contribution in [0.4, 0.5) is 0 Å². The Morgan fingerprint density at radius 1 is 1.23 bits per heavy atom. The van der Waals surface area contributed by atoms with Gasteiger partial charge in [-0.3, -0.25) is 0 Å². The van der Waals surface area contributed by atoms with Gasteiger partial charge in [0, 0.05) is 24.0 Å². The topological polar surface area (TPSA) is 57.4 Å². The summed E-state index contributed by atoms with van der Waals surface area (Å²) in [6.45, 7) is 5.74. The third-order valence-corrected chi connectivity index (χ3v) is 4.48.